The number of carbonyl (C=O) groups is 1. The maximum Gasteiger partial charge on any atom is 0.223 e. The van der Waals surface area contributed by atoms with Crippen LogP contribution in [0.25, 0.3) is 10.2 Å². The third kappa shape index (κ3) is 3.74. The molecular weight excluding hydrogens is 444 g/mol. The Kier molecular flexibility index (Phi) is 5.35. The second-order valence-electron chi connectivity index (χ2n) is 8.16. The smallest absolute Gasteiger partial charge is 0.223 e. The lowest BCUT2D eigenvalue weighted by Crippen LogP contribution is -2.64. The molecule has 2 aromatic heterocycles. The number of rotatable bonds is 5. The molecule has 7 nitrogen and oxygen atoms in total. The van der Waals surface area contributed by atoms with E-state index in [1.807, 2.05) is 17.0 Å². The van der Waals surface area contributed by atoms with E-state index in [1.54, 1.807) is 29.9 Å². The van der Waals surface area contributed by atoms with Gasteiger partial charge in [-0.3, -0.25) is 4.79 Å². The number of pyridine rings is 1. The van der Waals surface area contributed by atoms with Gasteiger partial charge in [0.15, 0.2) is 9.84 Å². The molecule has 1 amide bonds. The average molecular weight is 467 g/mol. The van der Waals surface area contributed by atoms with Crippen LogP contribution in [0.4, 0.5) is 5.82 Å². The van der Waals surface area contributed by atoms with Crippen LogP contribution in [0.3, 0.4) is 0 Å². The molecule has 2 unspecified atom stereocenters. The number of sulfone groups is 1. The number of benzene rings is 1. The Bertz CT molecular complexity index is 1310. The number of hydrogen-bond donors (Lipinski definition) is 0. The lowest BCUT2D eigenvalue weighted by atomic mass is 9.90. The number of terminal acetylenes is 1. The van der Waals surface area contributed by atoms with Gasteiger partial charge in [-0.05, 0) is 37.1 Å². The average Bonchev–Trinajstić information content (AvgIpc) is 3.32. The zero-order valence-corrected chi connectivity index (χ0v) is 19.0. The first-order valence-electron chi connectivity index (χ1n) is 10.5. The number of hydrogen-bond acceptors (Lipinski definition) is 7. The summed E-state index contributed by atoms with van der Waals surface area (Å²) in [5.41, 5.74) is 3.04. The van der Waals surface area contributed by atoms with Gasteiger partial charge in [-0.15, -0.1) is 17.8 Å². The van der Waals surface area contributed by atoms with E-state index >= 15 is 0 Å². The Morgan fingerprint density at radius 2 is 2.00 bits per heavy atom. The SMILES string of the molecule is C#Cc1ccc(N2CC3CCC2CN3C(=O)CCS(=O)(=O)c2cccc3ncsc23)nc1. The fourth-order valence-electron chi connectivity index (χ4n) is 4.64. The first kappa shape index (κ1) is 20.9. The van der Waals surface area contributed by atoms with Gasteiger partial charge in [0.05, 0.1) is 26.4 Å². The van der Waals surface area contributed by atoms with Gasteiger partial charge < -0.3 is 9.80 Å². The summed E-state index contributed by atoms with van der Waals surface area (Å²) >= 11 is 1.31. The van der Waals surface area contributed by atoms with Crippen molar-refractivity contribution in [1.82, 2.24) is 14.9 Å². The van der Waals surface area contributed by atoms with Crippen molar-refractivity contribution >= 4 is 43.1 Å². The minimum absolute atomic E-state index is 0.0180. The normalized spacial score (nSPS) is 20.5. The summed E-state index contributed by atoms with van der Waals surface area (Å²) in [5.74, 6) is 3.14. The highest BCUT2D eigenvalue weighted by Gasteiger charge is 2.41. The zero-order chi connectivity index (χ0) is 22.3. The van der Waals surface area contributed by atoms with Crippen LogP contribution >= 0.6 is 11.3 Å². The summed E-state index contributed by atoms with van der Waals surface area (Å²) in [6.07, 6.45) is 8.99. The Balaban J connectivity index is 1.26. The molecule has 9 heteroatoms. The molecule has 3 saturated heterocycles. The highest BCUT2D eigenvalue weighted by molar-refractivity contribution is 7.91. The summed E-state index contributed by atoms with van der Waals surface area (Å²) in [5, 5.41) is 0. The fourth-order valence-corrected chi connectivity index (χ4v) is 7.19. The van der Waals surface area contributed by atoms with E-state index in [-0.39, 0.29) is 35.1 Å². The van der Waals surface area contributed by atoms with Gasteiger partial charge in [-0.2, -0.15) is 0 Å². The van der Waals surface area contributed by atoms with E-state index in [4.69, 9.17) is 6.42 Å². The molecule has 3 aliphatic heterocycles. The van der Waals surface area contributed by atoms with Crippen LogP contribution in [0.15, 0.2) is 46.9 Å². The van der Waals surface area contributed by atoms with Crippen molar-refractivity contribution in [3.05, 3.63) is 47.6 Å². The summed E-state index contributed by atoms with van der Waals surface area (Å²) in [6.45, 7) is 1.29. The van der Waals surface area contributed by atoms with Crippen molar-refractivity contribution in [2.75, 3.05) is 23.7 Å². The second kappa shape index (κ2) is 8.19. The highest BCUT2D eigenvalue weighted by Crippen LogP contribution is 2.33. The molecular formula is C23H22N4O3S2. The Morgan fingerprint density at radius 1 is 1.16 bits per heavy atom. The third-order valence-corrected chi connectivity index (χ3v) is 9.06. The number of aromatic nitrogens is 2. The predicted molar refractivity (Wildman–Crippen MR) is 124 cm³/mol. The Morgan fingerprint density at radius 3 is 2.72 bits per heavy atom. The molecule has 6 rings (SSSR count). The maximum atomic E-state index is 13.0. The van der Waals surface area contributed by atoms with Crippen molar-refractivity contribution in [3.8, 4) is 12.3 Å². The van der Waals surface area contributed by atoms with Crippen LogP contribution in [0.2, 0.25) is 0 Å². The van der Waals surface area contributed by atoms with Crippen LogP contribution in [0, 0.1) is 12.3 Å². The van der Waals surface area contributed by atoms with Crippen LogP contribution < -0.4 is 4.90 Å². The van der Waals surface area contributed by atoms with Crippen molar-refractivity contribution in [2.45, 2.75) is 36.2 Å². The Labute approximate surface area is 191 Å². The summed E-state index contributed by atoms with van der Waals surface area (Å²) in [7, 11) is -3.58. The fraction of sp³-hybridized carbons (Fsp3) is 0.348. The van der Waals surface area contributed by atoms with Crippen molar-refractivity contribution in [2.24, 2.45) is 0 Å². The number of anilines is 1. The van der Waals surface area contributed by atoms with Gasteiger partial charge in [0.25, 0.3) is 0 Å². The number of fused-ring (bicyclic) bond motifs is 4. The minimum atomic E-state index is -3.58. The molecule has 32 heavy (non-hydrogen) atoms. The Hall–Kier alpha value is -2.96. The van der Waals surface area contributed by atoms with E-state index < -0.39 is 9.84 Å². The molecule has 3 aliphatic rings. The van der Waals surface area contributed by atoms with E-state index in [0.717, 1.165) is 24.2 Å². The minimum Gasteiger partial charge on any atom is -0.350 e. The number of thiazole rings is 1. The molecule has 0 N–H and O–H groups in total. The van der Waals surface area contributed by atoms with Crippen molar-refractivity contribution < 1.29 is 13.2 Å². The molecule has 0 saturated carbocycles. The molecule has 2 bridgehead atoms. The number of carbonyl (C=O) groups excluding carboxylic acids is 1. The largest absolute Gasteiger partial charge is 0.350 e. The molecule has 3 aromatic rings. The van der Waals surface area contributed by atoms with Crippen molar-refractivity contribution in [3.63, 3.8) is 0 Å². The van der Waals surface area contributed by atoms with E-state index in [2.05, 4.69) is 20.8 Å². The first-order chi connectivity index (χ1) is 15.5. The van der Waals surface area contributed by atoms with Crippen LogP contribution in [0.1, 0.15) is 24.8 Å². The van der Waals surface area contributed by atoms with Crippen molar-refractivity contribution in [1.29, 1.82) is 0 Å². The lowest BCUT2D eigenvalue weighted by Gasteiger charge is -2.52. The number of nitrogens with zero attached hydrogens (tertiary/aromatic N) is 4. The van der Waals surface area contributed by atoms with Gasteiger partial charge >= 0.3 is 0 Å². The van der Waals surface area contributed by atoms with Gasteiger partial charge in [0.1, 0.15) is 5.82 Å². The number of piperidine rings is 2. The van der Waals surface area contributed by atoms with Crippen LogP contribution in [-0.2, 0) is 14.6 Å². The van der Waals surface area contributed by atoms with Gasteiger partial charge in [0, 0.05) is 43.4 Å². The summed E-state index contributed by atoms with van der Waals surface area (Å²) in [4.78, 5) is 26.0. The molecule has 164 valence electrons. The standard InChI is InChI=1S/C23H22N4O3S2/c1-2-16-6-9-21(24-12-16)26-13-18-8-7-17(26)14-27(18)22(28)10-11-32(29,30)20-5-3-4-19-23(20)31-15-25-19/h1,3-6,9,12,15,17-18H,7-8,10-11,13-14H2. The molecule has 0 aliphatic carbocycles. The third-order valence-electron chi connectivity index (χ3n) is 6.30. The van der Waals surface area contributed by atoms with Gasteiger partial charge in [-0.25, -0.2) is 18.4 Å². The van der Waals surface area contributed by atoms with E-state index in [9.17, 15) is 13.2 Å². The van der Waals surface area contributed by atoms with Crippen LogP contribution in [-0.4, -0.2) is 60.1 Å². The molecule has 1 aromatic carbocycles. The topological polar surface area (TPSA) is 83.5 Å². The highest BCUT2D eigenvalue weighted by atomic mass is 32.2. The quantitative estimate of drug-likeness (QED) is 0.538. The zero-order valence-electron chi connectivity index (χ0n) is 17.3. The van der Waals surface area contributed by atoms with Crippen LogP contribution in [0.5, 0.6) is 0 Å². The van der Waals surface area contributed by atoms with E-state index in [0.29, 0.717) is 23.3 Å². The molecule has 2 atom stereocenters. The van der Waals surface area contributed by atoms with Gasteiger partial charge in [-0.1, -0.05) is 12.0 Å². The lowest BCUT2D eigenvalue weighted by molar-refractivity contribution is -0.136. The second-order valence-corrected chi connectivity index (χ2v) is 11.1. The molecule has 5 heterocycles. The van der Waals surface area contributed by atoms with Gasteiger partial charge in [0.2, 0.25) is 5.91 Å². The predicted octanol–water partition coefficient (Wildman–Crippen LogP) is 2.72. The molecule has 0 radical (unpaired) electrons. The monoisotopic (exact) mass is 466 g/mol. The summed E-state index contributed by atoms with van der Waals surface area (Å²) < 4.78 is 26.6. The summed E-state index contributed by atoms with van der Waals surface area (Å²) in [6, 6.07) is 9.13. The number of amides is 1. The molecule has 0 spiro atoms. The first-order valence-corrected chi connectivity index (χ1v) is 13.0. The number of piperazine rings is 1. The molecule has 3 fully saturated rings. The maximum absolute atomic E-state index is 13.0. The van der Waals surface area contributed by atoms with E-state index in [1.165, 1.54) is 11.3 Å².